The number of nitrogens with zero attached hydrogens (tertiary/aromatic N) is 4. The quantitative estimate of drug-likeness (QED) is 0.826. The van der Waals surface area contributed by atoms with Gasteiger partial charge in [-0.25, -0.2) is 4.98 Å². The Morgan fingerprint density at radius 1 is 1.53 bits per heavy atom. The highest BCUT2D eigenvalue weighted by molar-refractivity contribution is 5.46. The van der Waals surface area contributed by atoms with Crippen molar-refractivity contribution >= 4 is 0 Å². The molecule has 1 saturated carbocycles. The van der Waals surface area contributed by atoms with Crippen LogP contribution in [0.5, 0.6) is 0 Å². The number of aryl methyl sites for hydroxylation is 1. The Bertz CT molecular complexity index is 499. The second-order valence-electron chi connectivity index (χ2n) is 4.38. The molecule has 0 amide bonds. The maximum Gasteiger partial charge on any atom is 0.228 e. The van der Waals surface area contributed by atoms with Gasteiger partial charge in [-0.3, -0.25) is 0 Å². The van der Waals surface area contributed by atoms with E-state index in [1.54, 1.807) is 12.5 Å². The first-order valence-electron chi connectivity index (χ1n) is 5.85. The summed E-state index contributed by atoms with van der Waals surface area (Å²) in [6.07, 6.45) is 6.83. The molecule has 0 atom stereocenters. The zero-order chi connectivity index (χ0) is 11.7. The van der Waals surface area contributed by atoms with Gasteiger partial charge in [-0.1, -0.05) is 5.16 Å². The normalized spacial score (nSPS) is 15.4. The maximum absolute atomic E-state index is 5.20. The fraction of sp³-hybridized carbons (Fsp3) is 0.545. The summed E-state index contributed by atoms with van der Waals surface area (Å²) in [6, 6.07) is 0.717. The van der Waals surface area contributed by atoms with E-state index in [1.807, 2.05) is 11.6 Å². The first kappa shape index (κ1) is 10.5. The highest BCUT2D eigenvalue weighted by Gasteiger charge is 2.20. The first-order chi connectivity index (χ1) is 8.33. The SMILES string of the molecule is Cn1cncc1-c1noc(CCNC2CC2)n1. The molecule has 6 heteroatoms. The Kier molecular flexibility index (Phi) is 2.64. The van der Waals surface area contributed by atoms with Gasteiger partial charge in [0.15, 0.2) is 0 Å². The zero-order valence-electron chi connectivity index (χ0n) is 9.76. The van der Waals surface area contributed by atoms with Crippen LogP contribution in [-0.2, 0) is 13.5 Å². The third-order valence-electron chi connectivity index (χ3n) is 2.86. The minimum absolute atomic E-state index is 0.603. The van der Waals surface area contributed by atoms with Gasteiger partial charge in [0.1, 0.15) is 5.69 Å². The van der Waals surface area contributed by atoms with Crippen LogP contribution >= 0.6 is 0 Å². The van der Waals surface area contributed by atoms with Gasteiger partial charge >= 0.3 is 0 Å². The molecular weight excluding hydrogens is 218 g/mol. The van der Waals surface area contributed by atoms with E-state index in [-0.39, 0.29) is 0 Å². The zero-order valence-corrected chi connectivity index (χ0v) is 9.76. The molecule has 1 N–H and O–H groups in total. The van der Waals surface area contributed by atoms with Crippen molar-refractivity contribution in [3.05, 3.63) is 18.4 Å². The van der Waals surface area contributed by atoms with Crippen molar-refractivity contribution in [3.8, 4) is 11.5 Å². The van der Waals surface area contributed by atoms with Gasteiger partial charge < -0.3 is 14.4 Å². The average molecular weight is 233 g/mol. The van der Waals surface area contributed by atoms with Crippen molar-refractivity contribution in [2.45, 2.75) is 25.3 Å². The minimum atomic E-state index is 0.603. The van der Waals surface area contributed by atoms with Crippen molar-refractivity contribution in [2.24, 2.45) is 7.05 Å². The largest absolute Gasteiger partial charge is 0.339 e. The minimum Gasteiger partial charge on any atom is -0.339 e. The summed E-state index contributed by atoms with van der Waals surface area (Å²) >= 11 is 0. The molecule has 90 valence electrons. The van der Waals surface area contributed by atoms with Crippen LogP contribution in [0.1, 0.15) is 18.7 Å². The first-order valence-corrected chi connectivity index (χ1v) is 5.85. The topological polar surface area (TPSA) is 68.8 Å². The lowest BCUT2D eigenvalue weighted by atomic mass is 10.4. The third kappa shape index (κ3) is 2.36. The van der Waals surface area contributed by atoms with E-state index in [1.165, 1.54) is 12.8 Å². The van der Waals surface area contributed by atoms with Gasteiger partial charge in [0, 0.05) is 26.1 Å². The molecule has 2 heterocycles. The van der Waals surface area contributed by atoms with E-state index in [2.05, 4.69) is 20.4 Å². The molecule has 17 heavy (non-hydrogen) atoms. The molecule has 2 aromatic rings. The monoisotopic (exact) mass is 233 g/mol. The van der Waals surface area contributed by atoms with E-state index in [9.17, 15) is 0 Å². The van der Waals surface area contributed by atoms with Crippen LogP contribution in [0.15, 0.2) is 17.0 Å². The van der Waals surface area contributed by atoms with Crippen LogP contribution in [0.25, 0.3) is 11.5 Å². The number of hydrogen-bond acceptors (Lipinski definition) is 5. The van der Waals surface area contributed by atoms with Crippen LogP contribution in [0.2, 0.25) is 0 Å². The molecule has 0 radical (unpaired) electrons. The van der Waals surface area contributed by atoms with Crippen molar-refractivity contribution < 1.29 is 4.52 Å². The molecular formula is C11H15N5O. The van der Waals surface area contributed by atoms with E-state index >= 15 is 0 Å². The lowest BCUT2D eigenvalue weighted by molar-refractivity contribution is 0.376. The predicted molar refractivity (Wildman–Crippen MR) is 61.2 cm³/mol. The average Bonchev–Trinajstić information content (AvgIpc) is 2.85. The maximum atomic E-state index is 5.20. The molecule has 0 unspecified atom stereocenters. The number of nitrogens with one attached hydrogen (secondary N) is 1. The Hall–Kier alpha value is -1.69. The molecule has 1 aliphatic carbocycles. The molecule has 6 nitrogen and oxygen atoms in total. The molecule has 0 bridgehead atoms. The van der Waals surface area contributed by atoms with E-state index in [0.717, 1.165) is 24.7 Å². The van der Waals surface area contributed by atoms with Gasteiger partial charge in [-0.15, -0.1) is 0 Å². The van der Waals surface area contributed by atoms with Crippen molar-refractivity contribution in [1.82, 2.24) is 25.0 Å². The van der Waals surface area contributed by atoms with Crippen LogP contribution in [0, 0.1) is 0 Å². The number of hydrogen-bond donors (Lipinski definition) is 1. The van der Waals surface area contributed by atoms with Crippen LogP contribution in [0.4, 0.5) is 0 Å². The molecule has 2 aromatic heterocycles. The Morgan fingerprint density at radius 2 is 2.41 bits per heavy atom. The van der Waals surface area contributed by atoms with Gasteiger partial charge in [-0.05, 0) is 12.8 Å². The van der Waals surface area contributed by atoms with Crippen LogP contribution < -0.4 is 5.32 Å². The molecule has 1 aliphatic rings. The molecule has 1 fully saturated rings. The van der Waals surface area contributed by atoms with Gasteiger partial charge in [-0.2, -0.15) is 4.98 Å². The second kappa shape index (κ2) is 4.29. The summed E-state index contributed by atoms with van der Waals surface area (Å²) in [4.78, 5) is 8.38. The molecule has 0 saturated heterocycles. The number of rotatable bonds is 5. The van der Waals surface area contributed by atoms with Crippen molar-refractivity contribution in [1.29, 1.82) is 0 Å². The summed E-state index contributed by atoms with van der Waals surface area (Å²) in [5.41, 5.74) is 0.871. The molecule has 0 aromatic carbocycles. The van der Waals surface area contributed by atoms with E-state index < -0.39 is 0 Å². The Labute approximate surface area is 99.0 Å². The van der Waals surface area contributed by atoms with Crippen molar-refractivity contribution in [3.63, 3.8) is 0 Å². The van der Waals surface area contributed by atoms with Gasteiger partial charge in [0.2, 0.25) is 11.7 Å². The second-order valence-corrected chi connectivity index (χ2v) is 4.38. The highest BCUT2D eigenvalue weighted by atomic mass is 16.5. The highest BCUT2D eigenvalue weighted by Crippen LogP contribution is 2.18. The predicted octanol–water partition coefficient (Wildman–Crippen LogP) is 0.765. The number of imidazole rings is 1. The molecule has 3 rings (SSSR count). The molecule has 0 aliphatic heterocycles. The summed E-state index contributed by atoms with van der Waals surface area (Å²) in [7, 11) is 1.91. The third-order valence-corrected chi connectivity index (χ3v) is 2.86. The Morgan fingerprint density at radius 3 is 3.12 bits per heavy atom. The van der Waals surface area contributed by atoms with E-state index in [0.29, 0.717) is 11.7 Å². The summed E-state index contributed by atoms with van der Waals surface area (Å²) < 4.78 is 7.08. The fourth-order valence-electron chi connectivity index (χ4n) is 1.70. The van der Waals surface area contributed by atoms with E-state index in [4.69, 9.17) is 4.52 Å². The fourth-order valence-corrected chi connectivity index (χ4v) is 1.70. The van der Waals surface area contributed by atoms with Gasteiger partial charge in [0.05, 0.1) is 12.5 Å². The number of aromatic nitrogens is 4. The lowest BCUT2D eigenvalue weighted by Crippen LogP contribution is -2.19. The van der Waals surface area contributed by atoms with Crippen LogP contribution in [0.3, 0.4) is 0 Å². The summed E-state index contributed by atoms with van der Waals surface area (Å²) in [6.45, 7) is 0.900. The molecule has 0 spiro atoms. The van der Waals surface area contributed by atoms with Crippen LogP contribution in [-0.4, -0.2) is 32.3 Å². The van der Waals surface area contributed by atoms with Crippen molar-refractivity contribution in [2.75, 3.05) is 6.54 Å². The Balaban J connectivity index is 1.63. The smallest absolute Gasteiger partial charge is 0.228 e. The van der Waals surface area contributed by atoms with Gasteiger partial charge in [0.25, 0.3) is 0 Å². The lowest BCUT2D eigenvalue weighted by Gasteiger charge is -1.97. The standard InChI is InChI=1S/C11H15N5O/c1-16-7-12-6-9(16)11-14-10(17-15-11)4-5-13-8-2-3-8/h6-8,13H,2-5H2,1H3. The summed E-state index contributed by atoms with van der Waals surface area (Å²) in [5.74, 6) is 1.28. The summed E-state index contributed by atoms with van der Waals surface area (Å²) in [5, 5.41) is 7.37.